The summed E-state index contributed by atoms with van der Waals surface area (Å²) in [6, 6.07) is 2.76. The zero-order valence-electron chi connectivity index (χ0n) is 14.8. The minimum absolute atomic E-state index is 0.230. The fourth-order valence-electron chi connectivity index (χ4n) is 4.85. The quantitative estimate of drug-likeness (QED) is 0.596. The molecule has 1 nitrogen and oxygen atoms in total. The Labute approximate surface area is 143 Å². The molecule has 0 atom stereocenters. The zero-order chi connectivity index (χ0) is 17.3. The fraction of sp³-hybridized carbons (Fsp3) is 0.667. The predicted octanol–water partition coefficient (Wildman–Crippen LogP) is 6.27. The number of rotatable bonds is 3. The van der Waals surface area contributed by atoms with E-state index >= 15 is 0 Å². The first-order valence-electron chi connectivity index (χ1n) is 9.45. The van der Waals surface area contributed by atoms with E-state index in [-0.39, 0.29) is 5.92 Å². The molecule has 1 aromatic rings. The maximum atomic E-state index is 14.1. The molecule has 0 heterocycles. The Bertz CT molecular complexity index is 571. The molecule has 3 heteroatoms. The third kappa shape index (κ3) is 3.70. The second kappa shape index (κ2) is 7.33. The van der Waals surface area contributed by atoms with Crippen LogP contribution in [0.4, 0.5) is 8.78 Å². The van der Waals surface area contributed by atoms with Gasteiger partial charge in [-0.2, -0.15) is 0 Å². The standard InChI is InChI=1S/C21H28F2O/c1-13-3-5-15(6-4-13)16-7-9-17(10-8-16)18-11-19(22)21(14(2)24)20(23)12-18/h11-13,15-17H,3-10H2,1-2H3. The number of hydrogen-bond acceptors (Lipinski definition) is 1. The van der Waals surface area contributed by atoms with Gasteiger partial charge in [0.25, 0.3) is 0 Å². The topological polar surface area (TPSA) is 17.1 Å². The number of benzene rings is 1. The maximum Gasteiger partial charge on any atom is 0.165 e. The van der Waals surface area contributed by atoms with Crippen LogP contribution in [0.5, 0.6) is 0 Å². The van der Waals surface area contributed by atoms with Crippen LogP contribution in [0.25, 0.3) is 0 Å². The van der Waals surface area contributed by atoms with Crippen LogP contribution in [0.2, 0.25) is 0 Å². The average molecular weight is 334 g/mol. The molecule has 3 rings (SSSR count). The molecule has 24 heavy (non-hydrogen) atoms. The van der Waals surface area contributed by atoms with E-state index in [9.17, 15) is 13.6 Å². The van der Waals surface area contributed by atoms with Gasteiger partial charge in [0, 0.05) is 0 Å². The summed E-state index contributed by atoms with van der Waals surface area (Å²) in [7, 11) is 0. The highest BCUT2D eigenvalue weighted by Crippen LogP contribution is 2.44. The Hall–Kier alpha value is -1.25. The second-order valence-corrected chi connectivity index (χ2v) is 8.05. The van der Waals surface area contributed by atoms with Gasteiger partial charge in [0.15, 0.2) is 5.78 Å². The Balaban J connectivity index is 1.63. The summed E-state index contributed by atoms with van der Waals surface area (Å²) in [6.45, 7) is 3.55. The van der Waals surface area contributed by atoms with E-state index in [1.165, 1.54) is 57.6 Å². The largest absolute Gasteiger partial charge is 0.294 e. The lowest BCUT2D eigenvalue weighted by atomic mass is 9.68. The molecule has 2 fully saturated rings. The number of carbonyl (C=O) groups is 1. The van der Waals surface area contributed by atoms with Gasteiger partial charge in [-0.15, -0.1) is 0 Å². The van der Waals surface area contributed by atoms with Gasteiger partial charge in [0.05, 0.1) is 5.56 Å². The summed E-state index contributed by atoms with van der Waals surface area (Å²) in [5, 5.41) is 0. The molecule has 2 saturated carbocycles. The van der Waals surface area contributed by atoms with Gasteiger partial charge in [-0.25, -0.2) is 8.78 Å². The number of Topliss-reactive ketones (excluding diaryl/α,β-unsaturated/α-hetero) is 1. The summed E-state index contributed by atoms with van der Waals surface area (Å²) in [5.74, 6) is 0.793. The van der Waals surface area contributed by atoms with Crippen molar-refractivity contribution < 1.29 is 13.6 Å². The Morgan fingerprint density at radius 1 is 0.875 bits per heavy atom. The van der Waals surface area contributed by atoms with Crippen molar-refractivity contribution in [3.8, 4) is 0 Å². The molecule has 0 aliphatic heterocycles. The Kier molecular flexibility index (Phi) is 5.36. The molecule has 1 aromatic carbocycles. The van der Waals surface area contributed by atoms with Crippen molar-refractivity contribution >= 4 is 5.78 Å². The second-order valence-electron chi connectivity index (χ2n) is 8.05. The fourth-order valence-corrected chi connectivity index (χ4v) is 4.85. The Morgan fingerprint density at radius 3 is 1.79 bits per heavy atom. The molecule has 0 amide bonds. The van der Waals surface area contributed by atoms with Gasteiger partial charge in [-0.1, -0.05) is 19.8 Å². The summed E-state index contributed by atoms with van der Waals surface area (Å²) in [6.07, 6.45) is 9.77. The van der Waals surface area contributed by atoms with Gasteiger partial charge in [0.1, 0.15) is 11.6 Å². The molecule has 132 valence electrons. The van der Waals surface area contributed by atoms with E-state index in [1.807, 2.05) is 0 Å². The van der Waals surface area contributed by atoms with Crippen LogP contribution < -0.4 is 0 Å². The van der Waals surface area contributed by atoms with Gasteiger partial charge in [-0.3, -0.25) is 4.79 Å². The lowest BCUT2D eigenvalue weighted by Crippen LogP contribution is -2.25. The van der Waals surface area contributed by atoms with Crippen molar-refractivity contribution in [2.75, 3.05) is 0 Å². The molecule has 0 saturated heterocycles. The van der Waals surface area contributed by atoms with E-state index in [0.29, 0.717) is 0 Å². The van der Waals surface area contributed by atoms with Crippen molar-refractivity contribution in [2.45, 2.75) is 71.1 Å². The van der Waals surface area contributed by atoms with Crippen LogP contribution in [-0.2, 0) is 0 Å². The van der Waals surface area contributed by atoms with Crippen molar-refractivity contribution in [1.82, 2.24) is 0 Å². The lowest BCUT2D eigenvalue weighted by Gasteiger charge is -2.37. The minimum atomic E-state index is -0.708. The van der Waals surface area contributed by atoms with Crippen molar-refractivity contribution in [1.29, 1.82) is 0 Å². The summed E-state index contributed by atoms with van der Waals surface area (Å²) in [4.78, 5) is 11.3. The highest BCUT2D eigenvalue weighted by Gasteiger charge is 2.31. The zero-order valence-corrected chi connectivity index (χ0v) is 14.8. The van der Waals surface area contributed by atoms with E-state index in [0.717, 1.165) is 36.2 Å². The van der Waals surface area contributed by atoms with Crippen LogP contribution in [-0.4, -0.2) is 5.78 Å². The number of hydrogen-bond donors (Lipinski definition) is 0. The number of ketones is 1. The highest BCUT2D eigenvalue weighted by atomic mass is 19.1. The number of halogens is 2. The molecule has 0 unspecified atom stereocenters. The van der Waals surface area contributed by atoms with E-state index in [2.05, 4.69) is 6.92 Å². The van der Waals surface area contributed by atoms with Crippen LogP contribution in [0.3, 0.4) is 0 Å². The average Bonchev–Trinajstić information content (AvgIpc) is 2.54. The lowest BCUT2D eigenvalue weighted by molar-refractivity contribution is 0.100. The maximum absolute atomic E-state index is 14.1. The molecular weight excluding hydrogens is 306 g/mol. The van der Waals surface area contributed by atoms with Crippen molar-refractivity contribution in [3.05, 3.63) is 34.9 Å². The normalized spacial score (nSPS) is 31.0. The molecule has 0 spiro atoms. The third-order valence-electron chi connectivity index (χ3n) is 6.39. The van der Waals surface area contributed by atoms with E-state index in [4.69, 9.17) is 0 Å². The van der Waals surface area contributed by atoms with E-state index in [1.54, 1.807) is 0 Å². The summed E-state index contributed by atoms with van der Waals surface area (Å²) >= 11 is 0. The Morgan fingerprint density at radius 2 is 1.33 bits per heavy atom. The van der Waals surface area contributed by atoms with Gasteiger partial charge >= 0.3 is 0 Å². The molecule has 0 bridgehead atoms. The number of carbonyl (C=O) groups excluding carboxylic acids is 1. The molecule has 0 radical (unpaired) electrons. The van der Waals surface area contributed by atoms with Crippen LogP contribution in [0.1, 0.15) is 87.1 Å². The first-order chi connectivity index (χ1) is 11.5. The first kappa shape index (κ1) is 17.6. The highest BCUT2D eigenvalue weighted by molar-refractivity contribution is 5.94. The molecule has 0 N–H and O–H groups in total. The van der Waals surface area contributed by atoms with Crippen LogP contribution in [0, 0.1) is 29.4 Å². The predicted molar refractivity (Wildman–Crippen MR) is 92.2 cm³/mol. The SMILES string of the molecule is CC(=O)c1c(F)cc(C2CCC(C3CCC(C)CC3)CC2)cc1F. The van der Waals surface area contributed by atoms with Crippen molar-refractivity contribution in [3.63, 3.8) is 0 Å². The molecule has 0 aromatic heterocycles. The van der Waals surface area contributed by atoms with Gasteiger partial charge in [-0.05, 0) is 86.8 Å². The first-order valence-corrected chi connectivity index (χ1v) is 9.45. The summed E-state index contributed by atoms with van der Waals surface area (Å²) in [5.41, 5.74) is 0.328. The smallest absolute Gasteiger partial charge is 0.165 e. The monoisotopic (exact) mass is 334 g/mol. The molecule has 2 aliphatic rings. The van der Waals surface area contributed by atoms with Gasteiger partial charge < -0.3 is 0 Å². The molecule has 2 aliphatic carbocycles. The minimum Gasteiger partial charge on any atom is -0.294 e. The van der Waals surface area contributed by atoms with Gasteiger partial charge in [0.2, 0.25) is 0 Å². The summed E-state index contributed by atoms with van der Waals surface area (Å²) < 4.78 is 28.1. The van der Waals surface area contributed by atoms with Crippen molar-refractivity contribution in [2.24, 2.45) is 17.8 Å². The molecular formula is C21H28F2O. The van der Waals surface area contributed by atoms with Crippen LogP contribution in [0.15, 0.2) is 12.1 Å². The van der Waals surface area contributed by atoms with E-state index < -0.39 is 23.0 Å². The van der Waals surface area contributed by atoms with Crippen LogP contribution >= 0.6 is 0 Å². The third-order valence-corrected chi connectivity index (χ3v) is 6.39.